The van der Waals surface area contributed by atoms with Gasteiger partial charge in [0.25, 0.3) is 0 Å². The van der Waals surface area contributed by atoms with Gasteiger partial charge in [-0.15, -0.1) is 0 Å². The fraction of sp³-hybridized carbons (Fsp3) is 0.692. The van der Waals surface area contributed by atoms with E-state index in [-0.39, 0.29) is 6.04 Å². The highest BCUT2D eigenvalue weighted by molar-refractivity contribution is 5.44. The molecule has 1 unspecified atom stereocenters. The summed E-state index contributed by atoms with van der Waals surface area (Å²) < 4.78 is 0. The van der Waals surface area contributed by atoms with E-state index >= 15 is 0 Å². The SMILES string of the molecule is CCCNc1nc(N(C)C)nc(N(C)C(C)CC#N)n1. The second-order valence-corrected chi connectivity index (χ2v) is 4.90. The zero-order valence-electron chi connectivity index (χ0n) is 12.9. The molecule has 1 atom stereocenters. The van der Waals surface area contributed by atoms with Crippen molar-refractivity contribution in [2.75, 3.05) is 42.8 Å². The van der Waals surface area contributed by atoms with Crippen molar-refractivity contribution >= 4 is 17.8 Å². The molecule has 1 aromatic rings. The highest BCUT2D eigenvalue weighted by Gasteiger charge is 2.16. The molecule has 0 aliphatic heterocycles. The molecule has 1 heterocycles. The first-order valence-corrected chi connectivity index (χ1v) is 6.76. The van der Waals surface area contributed by atoms with Gasteiger partial charge in [-0.1, -0.05) is 6.92 Å². The monoisotopic (exact) mass is 277 g/mol. The number of anilines is 3. The molecule has 7 heteroatoms. The molecule has 0 aliphatic carbocycles. The summed E-state index contributed by atoms with van der Waals surface area (Å²) in [6, 6.07) is 2.22. The van der Waals surface area contributed by atoms with Crippen LogP contribution in [0.15, 0.2) is 0 Å². The van der Waals surface area contributed by atoms with Gasteiger partial charge in [0.15, 0.2) is 0 Å². The van der Waals surface area contributed by atoms with Crippen molar-refractivity contribution in [3.63, 3.8) is 0 Å². The van der Waals surface area contributed by atoms with Crippen molar-refractivity contribution in [3.8, 4) is 6.07 Å². The van der Waals surface area contributed by atoms with Crippen molar-refractivity contribution < 1.29 is 0 Å². The quantitative estimate of drug-likeness (QED) is 0.808. The second kappa shape index (κ2) is 7.48. The predicted octanol–water partition coefficient (Wildman–Crippen LogP) is 1.50. The lowest BCUT2D eigenvalue weighted by Gasteiger charge is -2.24. The number of aromatic nitrogens is 3. The van der Waals surface area contributed by atoms with Gasteiger partial charge in [0.2, 0.25) is 17.8 Å². The number of hydrogen-bond donors (Lipinski definition) is 1. The Morgan fingerprint density at radius 2 is 1.85 bits per heavy atom. The molecular formula is C13H23N7. The number of nitrogens with zero attached hydrogens (tertiary/aromatic N) is 6. The van der Waals surface area contributed by atoms with Crippen LogP contribution in [0.3, 0.4) is 0 Å². The van der Waals surface area contributed by atoms with Gasteiger partial charge in [-0.25, -0.2) is 0 Å². The van der Waals surface area contributed by atoms with E-state index in [4.69, 9.17) is 5.26 Å². The number of nitrogens with one attached hydrogen (secondary N) is 1. The molecule has 1 rings (SSSR count). The van der Waals surface area contributed by atoms with Crippen LogP contribution in [0.1, 0.15) is 26.7 Å². The van der Waals surface area contributed by atoms with Crippen molar-refractivity contribution in [1.29, 1.82) is 5.26 Å². The van der Waals surface area contributed by atoms with Crippen molar-refractivity contribution in [2.45, 2.75) is 32.7 Å². The molecule has 1 aromatic heterocycles. The van der Waals surface area contributed by atoms with Crippen LogP contribution in [0.5, 0.6) is 0 Å². The first kappa shape index (κ1) is 16.0. The maximum atomic E-state index is 8.80. The summed E-state index contributed by atoms with van der Waals surface area (Å²) >= 11 is 0. The molecule has 7 nitrogen and oxygen atoms in total. The van der Waals surface area contributed by atoms with Crippen LogP contribution < -0.4 is 15.1 Å². The molecular weight excluding hydrogens is 254 g/mol. The van der Waals surface area contributed by atoms with Crippen molar-refractivity contribution in [2.24, 2.45) is 0 Å². The Balaban J connectivity index is 3.04. The Morgan fingerprint density at radius 3 is 2.40 bits per heavy atom. The standard InChI is InChI=1S/C13H23N7/c1-6-9-15-11-16-12(19(3)4)18-13(17-11)20(5)10(2)7-8-14/h10H,6-7,9H2,1-5H3,(H,15,16,17,18). The van der Waals surface area contributed by atoms with Crippen molar-refractivity contribution in [1.82, 2.24) is 15.0 Å². The van der Waals surface area contributed by atoms with Gasteiger partial charge in [0.1, 0.15) is 0 Å². The lowest BCUT2D eigenvalue weighted by atomic mass is 10.2. The normalized spacial score (nSPS) is 11.6. The summed E-state index contributed by atoms with van der Waals surface area (Å²) in [4.78, 5) is 16.9. The number of hydrogen-bond acceptors (Lipinski definition) is 7. The van der Waals surface area contributed by atoms with Gasteiger partial charge in [-0.2, -0.15) is 20.2 Å². The maximum Gasteiger partial charge on any atom is 0.231 e. The smallest absolute Gasteiger partial charge is 0.231 e. The number of rotatable bonds is 7. The van der Waals surface area contributed by atoms with E-state index in [2.05, 4.69) is 33.3 Å². The summed E-state index contributed by atoms with van der Waals surface area (Å²) in [5, 5.41) is 12.0. The summed E-state index contributed by atoms with van der Waals surface area (Å²) in [6.45, 7) is 4.87. The Labute approximate surface area is 120 Å². The summed E-state index contributed by atoms with van der Waals surface area (Å²) in [5.41, 5.74) is 0. The zero-order valence-corrected chi connectivity index (χ0v) is 12.9. The molecule has 0 saturated heterocycles. The Kier molecular flexibility index (Phi) is 5.97. The molecule has 20 heavy (non-hydrogen) atoms. The Hall–Kier alpha value is -2.10. The van der Waals surface area contributed by atoms with E-state index in [9.17, 15) is 0 Å². The average molecular weight is 277 g/mol. The highest BCUT2D eigenvalue weighted by atomic mass is 15.3. The lowest BCUT2D eigenvalue weighted by molar-refractivity contribution is 0.680. The van der Waals surface area contributed by atoms with Crippen LogP contribution in [0.2, 0.25) is 0 Å². The molecule has 0 aromatic carbocycles. The summed E-state index contributed by atoms with van der Waals surface area (Å²) in [5.74, 6) is 1.74. The zero-order chi connectivity index (χ0) is 15.1. The van der Waals surface area contributed by atoms with Crippen LogP contribution >= 0.6 is 0 Å². The van der Waals surface area contributed by atoms with E-state index in [0.29, 0.717) is 24.3 Å². The topological polar surface area (TPSA) is 81.0 Å². The van der Waals surface area contributed by atoms with E-state index in [1.807, 2.05) is 37.9 Å². The fourth-order valence-corrected chi connectivity index (χ4v) is 1.49. The van der Waals surface area contributed by atoms with Gasteiger partial charge >= 0.3 is 0 Å². The van der Waals surface area contributed by atoms with Gasteiger partial charge in [0.05, 0.1) is 12.5 Å². The van der Waals surface area contributed by atoms with Crippen molar-refractivity contribution in [3.05, 3.63) is 0 Å². The molecule has 0 spiro atoms. The number of nitriles is 1. The van der Waals surface area contributed by atoms with Gasteiger partial charge in [-0.05, 0) is 13.3 Å². The summed E-state index contributed by atoms with van der Waals surface area (Å²) in [6.07, 6.45) is 1.43. The summed E-state index contributed by atoms with van der Waals surface area (Å²) in [7, 11) is 5.67. The minimum absolute atomic E-state index is 0.0523. The molecule has 0 aliphatic rings. The molecule has 0 bridgehead atoms. The van der Waals surface area contributed by atoms with Crippen LogP contribution in [0, 0.1) is 11.3 Å². The Bertz CT molecular complexity index is 466. The first-order chi connectivity index (χ1) is 9.49. The second-order valence-electron chi connectivity index (χ2n) is 4.90. The maximum absolute atomic E-state index is 8.80. The first-order valence-electron chi connectivity index (χ1n) is 6.76. The highest BCUT2D eigenvalue weighted by Crippen LogP contribution is 2.16. The third kappa shape index (κ3) is 4.23. The largest absolute Gasteiger partial charge is 0.354 e. The fourth-order valence-electron chi connectivity index (χ4n) is 1.49. The van der Waals surface area contributed by atoms with Gasteiger partial charge < -0.3 is 15.1 Å². The minimum Gasteiger partial charge on any atom is -0.354 e. The third-order valence-electron chi connectivity index (χ3n) is 2.91. The molecule has 1 N–H and O–H groups in total. The Morgan fingerprint density at radius 1 is 1.20 bits per heavy atom. The van der Waals surface area contributed by atoms with Crippen LogP contribution in [0.25, 0.3) is 0 Å². The lowest BCUT2D eigenvalue weighted by Crippen LogP contribution is -2.31. The molecule has 0 radical (unpaired) electrons. The van der Waals surface area contributed by atoms with Crippen LogP contribution in [-0.4, -0.2) is 48.7 Å². The van der Waals surface area contributed by atoms with Gasteiger partial charge in [0, 0.05) is 33.7 Å². The molecule has 110 valence electrons. The van der Waals surface area contributed by atoms with E-state index < -0.39 is 0 Å². The van der Waals surface area contributed by atoms with Crippen LogP contribution in [0.4, 0.5) is 17.8 Å². The third-order valence-corrected chi connectivity index (χ3v) is 2.91. The molecule has 0 fully saturated rings. The average Bonchev–Trinajstić information content (AvgIpc) is 2.44. The molecule has 0 amide bonds. The van der Waals surface area contributed by atoms with E-state index in [1.54, 1.807) is 0 Å². The van der Waals surface area contributed by atoms with E-state index in [1.165, 1.54) is 0 Å². The van der Waals surface area contributed by atoms with E-state index in [0.717, 1.165) is 13.0 Å². The molecule has 0 saturated carbocycles. The predicted molar refractivity (Wildman–Crippen MR) is 81.0 cm³/mol. The minimum atomic E-state index is 0.0523. The van der Waals surface area contributed by atoms with Gasteiger partial charge in [-0.3, -0.25) is 0 Å². The van der Waals surface area contributed by atoms with Crippen LogP contribution in [-0.2, 0) is 0 Å².